The zero-order valence-electron chi connectivity index (χ0n) is 8.24. The fourth-order valence-corrected chi connectivity index (χ4v) is 2.03. The Kier molecular flexibility index (Phi) is 3.88. The van der Waals surface area contributed by atoms with Crippen molar-refractivity contribution in [3.05, 3.63) is 28.5 Å². The molecule has 0 aliphatic heterocycles. The van der Waals surface area contributed by atoms with Gasteiger partial charge >= 0.3 is 0 Å². The summed E-state index contributed by atoms with van der Waals surface area (Å²) in [6, 6.07) is 5.43. The van der Waals surface area contributed by atoms with Crippen LogP contribution in [0.15, 0.2) is 22.7 Å². The Bertz CT molecular complexity index is 539. The fraction of sp³-hybridized carbons (Fsp3) is 0.222. The number of nitrogens with zero attached hydrogens (tertiary/aromatic N) is 1. The van der Waals surface area contributed by atoms with Crippen molar-refractivity contribution in [1.82, 2.24) is 0 Å². The van der Waals surface area contributed by atoms with E-state index < -0.39 is 21.1 Å². The van der Waals surface area contributed by atoms with Crippen molar-refractivity contribution in [2.45, 2.75) is 12.2 Å². The number of nitriles is 1. The largest absolute Gasteiger partial charge is 0.279 e. The van der Waals surface area contributed by atoms with Crippen LogP contribution in [-0.2, 0) is 10.0 Å². The van der Waals surface area contributed by atoms with Gasteiger partial charge in [0.1, 0.15) is 5.82 Å². The second kappa shape index (κ2) is 4.80. The minimum absolute atomic E-state index is 0.184. The summed E-state index contributed by atoms with van der Waals surface area (Å²) in [7, 11) is -3.87. The predicted molar refractivity (Wildman–Crippen MR) is 61.7 cm³/mol. The molecule has 0 aliphatic rings. The quantitative estimate of drug-likeness (QED) is 0.931. The van der Waals surface area contributed by atoms with Gasteiger partial charge in [0.15, 0.2) is 5.25 Å². The van der Waals surface area contributed by atoms with Crippen LogP contribution < -0.4 is 4.72 Å². The van der Waals surface area contributed by atoms with Crippen molar-refractivity contribution in [2.24, 2.45) is 0 Å². The Morgan fingerprint density at radius 1 is 1.56 bits per heavy atom. The highest BCUT2D eigenvalue weighted by Gasteiger charge is 2.21. The number of hydrogen-bond donors (Lipinski definition) is 1. The molecule has 1 unspecified atom stereocenters. The molecule has 0 fully saturated rings. The highest BCUT2D eigenvalue weighted by atomic mass is 79.9. The number of anilines is 1. The lowest BCUT2D eigenvalue weighted by molar-refractivity contribution is 0.594. The minimum atomic E-state index is -3.87. The maximum absolute atomic E-state index is 13.2. The molecule has 0 heterocycles. The van der Waals surface area contributed by atoms with Gasteiger partial charge in [0.05, 0.1) is 11.8 Å². The third kappa shape index (κ3) is 2.93. The van der Waals surface area contributed by atoms with Crippen molar-refractivity contribution in [3.8, 4) is 6.07 Å². The lowest BCUT2D eigenvalue weighted by Crippen LogP contribution is -2.24. The second-order valence-corrected chi connectivity index (χ2v) is 5.96. The third-order valence-corrected chi connectivity index (χ3v) is 3.86. The molecule has 7 heteroatoms. The number of halogens is 2. The van der Waals surface area contributed by atoms with Gasteiger partial charge in [-0.05, 0) is 25.1 Å². The molecule has 4 nitrogen and oxygen atoms in total. The molecule has 0 saturated carbocycles. The summed E-state index contributed by atoms with van der Waals surface area (Å²) in [6.07, 6.45) is 0. The van der Waals surface area contributed by atoms with Crippen LogP contribution in [0, 0.1) is 17.1 Å². The van der Waals surface area contributed by atoms with Crippen LogP contribution in [0.3, 0.4) is 0 Å². The van der Waals surface area contributed by atoms with E-state index in [4.69, 9.17) is 5.26 Å². The van der Waals surface area contributed by atoms with Gasteiger partial charge in [0.25, 0.3) is 0 Å². The van der Waals surface area contributed by atoms with Crippen molar-refractivity contribution >= 4 is 31.6 Å². The highest BCUT2D eigenvalue weighted by Crippen LogP contribution is 2.21. The maximum atomic E-state index is 13.2. The maximum Gasteiger partial charge on any atom is 0.248 e. The van der Waals surface area contributed by atoms with Gasteiger partial charge in [0.2, 0.25) is 10.0 Å². The summed E-state index contributed by atoms with van der Waals surface area (Å²) >= 11 is 3.09. The number of rotatable bonds is 3. The number of sulfonamides is 1. The average Bonchev–Trinajstić information content (AvgIpc) is 2.22. The zero-order valence-corrected chi connectivity index (χ0v) is 10.6. The summed E-state index contributed by atoms with van der Waals surface area (Å²) in [5, 5.41) is 7.26. The molecule has 0 amide bonds. The van der Waals surface area contributed by atoms with Gasteiger partial charge < -0.3 is 0 Å². The Balaban J connectivity index is 3.07. The van der Waals surface area contributed by atoms with Crippen LogP contribution in [-0.4, -0.2) is 13.7 Å². The Morgan fingerprint density at radius 3 is 2.75 bits per heavy atom. The molecule has 1 aromatic rings. The average molecular weight is 307 g/mol. The zero-order chi connectivity index (χ0) is 12.3. The van der Waals surface area contributed by atoms with E-state index >= 15 is 0 Å². The Morgan fingerprint density at radius 2 is 2.19 bits per heavy atom. The van der Waals surface area contributed by atoms with E-state index in [0.29, 0.717) is 4.47 Å². The van der Waals surface area contributed by atoms with E-state index in [2.05, 4.69) is 15.9 Å². The van der Waals surface area contributed by atoms with Crippen LogP contribution in [0.25, 0.3) is 0 Å². The molecule has 86 valence electrons. The van der Waals surface area contributed by atoms with E-state index in [0.717, 1.165) is 6.07 Å². The van der Waals surface area contributed by atoms with Crippen LogP contribution in [0.1, 0.15) is 6.92 Å². The van der Waals surface area contributed by atoms with Crippen LogP contribution in [0.5, 0.6) is 0 Å². The molecule has 16 heavy (non-hydrogen) atoms. The first kappa shape index (κ1) is 12.9. The molecular formula is C9H8BrFN2O2S. The summed E-state index contributed by atoms with van der Waals surface area (Å²) < 4.78 is 38.8. The van der Waals surface area contributed by atoms with E-state index in [9.17, 15) is 12.8 Å². The normalized spacial score (nSPS) is 12.9. The van der Waals surface area contributed by atoms with E-state index in [1.807, 2.05) is 4.72 Å². The van der Waals surface area contributed by atoms with Gasteiger partial charge in [-0.3, -0.25) is 4.72 Å². The van der Waals surface area contributed by atoms with Gasteiger partial charge in [0, 0.05) is 4.47 Å². The standard InChI is InChI=1S/C9H8BrFN2O2S/c1-6(5-12)16(14,15)13-9-4-7(10)2-3-8(9)11/h2-4,6,13H,1H3. The first-order valence-corrected chi connectivity index (χ1v) is 6.57. The molecule has 0 saturated heterocycles. The molecule has 0 spiro atoms. The monoisotopic (exact) mass is 306 g/mol. The smallest absolute Gasteiger partial charge is 0.248 e. The van der Waals surface area contributed by atoms with E-state index in [1.54, 1.807) is 6.07 Å². The molecule has 0 aliphatic carbocycles. The van der Waals surface area contributed by atoms with Crippen molar-refractivity contribution in [2.75, 3.05) is 4.72 Å². The van der Waals surface area contributed by atoms with Gasteiger partial charge in [-0.1, -0.05) is 15.9 Å². The lowest BCUT2D eigenvalue weighted by atomic mass is 10.3. The van der Waals surface area contributed by atoms with Crippen LogP contribution in [0.4, 0.5) is 10.1 Å². The molecule has 0 bridgehead atoms. The van der Waals surface area contributed by atoms with E-state index in [-0.39, 0.29) is 5.69 Å². The fourth-order valence-electron chi connectivity index (χ4n) is 0.887. The van der Waals surface area contributed by atoms with Gasteiger partial charge in [-0.2, -0.15) is 5.26 Å². The minimum Gasteiger partial charge on any atom is -0.279 e. The number of nitrogens with one attached hydrogen (secondary N) is 1. The third-order valence-electron chi connectivity index (χ3n) is 1.83. The molecular weight excluding hydrogens is 299 g/mol. The van der Waals surface area contributed by atoms with Crippen molar-refractivity contribution < 1.29 is 12.8 Å². The number of benzene rings is 1. The molecule has 1 rings (SSSR count). The van der Waals surface area contributed by atoms with E-state index in [1.165, 1.54) is 19.1 Å². The van der Waals surface area contributed by atoms with Gasteiger partial charge in [-0.15, -0.1) is 0 Å². The first-order chi connectivity index (χ1) is 7.36. The van der Waals surface area contributed by atoms with Crippen molar-refractivity contribution in [1.29, 1.82) is 5.26 Å². The van der Waals surface area contributed by atoms with Crippen LogP contribution in [0.2, 0.25) is 0 Å². The summed E-state index contributed by atoms with van der Waals surface area (Å²) in [5.41, 5.74) is -0.184. The lowest BCUT2D eigenvalue weighted by Gasteiger charge is -2.10. The summed E-state index contributed by atoms with van der Waals surface area (Å²) in [6.45, 7) is 1.22. The molecule has 1 atom stereocenters. The molecule has 0 radical (unpaired) electrons. The second-order valence-electron chi connectivity index (χ2n) is 3.04. The van der Waals surface area contributed by atoms with Crippen molar-refractivity contribution in [3.63, 3.8) is 0 Å². The highest BCUT2D eigenvalue weighted by molar-refractivity contribution is 9.10. The predicted octanol–water partition coefficient (Wildman–Crippen LogP) is 2.24. The number of hydrogen-bond acceptors (Lipinski definition) is 3. The van der Waals surface area contributed by atoms with Crippen LogP contribution >= 0.6 is 15.9 Å². The Labute approximate surface area is 101 Å². The van der Waals surface area contributed by atoms with Gasteiger partial charge in [-0.25, -0.2) is 12.8 Å². The molecule has 1 aromatic carbocycles. The summed E-state index contributed by atoms with van der Waals surface area (Å²) in [4.78, 5) is 0. The summed E-state index contributed by atoms with van der Waals surface area (Å²) in [5.74, 6) is -0.697. The molecule has 1 N–H and O–H groups in total. The first-order valence-electron chi connectivity index (χ1n) is 4.23. The SMILES string of the molecule is CC(C#N)S(=O)(=O)Nc1cc(Br)ccc1F. The Hall–Kier alpha value is -1.13. The topological polar surface area (TPSA) is 70.0 Å². The molecule has 0 aromatic heterocycles.